The number of aromatic nitrogens is 1. The first-order chi connectivity index (χ1) is 9.10. The van der Waals surface area contributed by atoms with Crippen molar-refractivity contribution in [3.8, 4) is 6.07 Å². The van der Waals surface area contributed by atoms with E-state index in [-0.39, 0.29) is 16.9 Å². The van der Waals surface area contributed by atoms with Crippen molar-refractivity contribution in [3.05, 3.63) is 59.2 Å². The van der Waals surface area contributed by atoms with E-state index in [9.17, 15) is 9.18 Å². The first kappa shape index (κ1) is 12.7. The van der Waals surface area contributed by atoms with Gasteiger partial charge in [-0.2, -0.15) is 5.26 Å². The predicted molar refractivity (Wildman–Crippen MR) is 68.0 cm³/mol. The molecule has 5 heteroatoms. The van der Waals surface area contributed by atoms with Crippen LogP contribution in [0.3, 0.4) is 0 Å². The summed E-state index contributed by atoms with van der Waals surface area (Å²) in [7, 11) is 0. The van der Waals surface area contributed by atoms with Gasteiger partial charge in [0, 0.05) is 5.69 Å². The van der Waals surface area contributed by atoms with E-state index < -0.39 is 11.7 Å². The molecule has 19 heavy (non-hydrogen) atoms. The number of nitrogens with zero attached hydrogens (tertiary/aromatic N) is 2. The number of carbonyl (C=O) groups is 1. The Bertz CT molecular complexity index is 677. The number of pyridine rings is 1. The molecule has 1 aromatic heterocycles. The highest BCUT2D eigenvalue weighted by atomic mass is 19.1. The van der Waals surface area contributed by atoms with Crippen molar-refractivity contribution in [1.29, 1.82) is 5.26 Å². The fourth-order valence-corrected chi connectivity index (χ4v) is 1.54. The number of carbonyl (C=O) groups excluding carboxylic acids is 1. The number of rotatable bonds is 2. The van der Waals surface area contributed by atoms with Crippen molar-refractivity contribution < 1.29 is 9.18 Å². The van der Waals surface area contributed by atoms with Gasteiger partial charge in [-0.15, -0.1) is 0 Å². The zero-order chi connectivity index (χ0) is 13.8. The van der Waals surface area contributed by atoms with Crippen LogP contribution in [0.2, 0.25) is 0 Å². The van der Waals surface area contributed by atoms with Crippen molar-refractivity contribution in [2.24, 2.45) is 0 Å². The molecule has 0 saturated carbocycles. The third kappa shape index (κ3) is 2.93. The van der Waals surface area contributed by atoms with E-state index in [1.165, 1.54) is 12.1 Å². The van der Waals surface area contributed by atoms with E-state index in [1.807, 2.05) is 6.07 Å². The van der Waals surface area contributed by atoms with Crippen LogP contribution >= 0.6 is 0 Å². The molecular weight excluding hydrogens is 245 g/mol. The summed E-state index contributed by atoms with van der Waals surface area (Å²) in [6.07, 6.45) is 0. The highest BCUT2D eigenvalue weighted by Gasteiger charge is 2.11. The quantitative estimate of drug-likeness (QED) is 0.897. The molecule has 0 atom stereocenters. The molecule has 0 spiro atoms. The Hall–Kier alpha value is -2.74. The Labute approximate surface area is 109 Å². The van der Waals surface area contributed by atoms with Crippen LogP contribution in [-0.2, 0) is 0 Å². The largest absolute Gasteiger partial charge is 0.318 e. The Morgan fingerprint density at radius 2 is 2.16 bits per heavy atom. The number of hydrogen-bond acceptors (Lipinski definition) is 3. The number of halogens is 1. The number of amides is 1. The van der Waals surface area contributed by atoms with Gasteiger partial charge in [-0.3, -0.25) is 4.79 Å². The lowest BCUT2D eigenvalue weighted by Gasteiger charge is -2.06. The molecule has 0 radical (unpaired) electrons. The summed E-state index contributed by atoms with van der Waals surface area (Å²) in [6.45, 7) is 1.76. The van der Waals surface area contributed by atoms with Gasteiger partial charge in [0.1, 0.15) is 11.5 Å². The molecule has 1 N–H and O–H groups in total. The topological polar surface area (TPSA) is 65.8 Å². The third-order valence-electron chi connectivity index (χ3n) is 2.47. The molecule has 0 fully saturated rings. The Morgan fingerprint density at radius 1 is 1.37 bits per heavy atom. The molecule has 94 valence electrons. The van der Waals surface area contributed by atoms with E-state index in [1.54, 1.807) is 25.1 Å². The van der Waals surface area contributed by atoms with Crippen molar-refractivity contribution >= 4 is 11.6 Å². The molecule has 0 unspecified atom stereocenters. The third-order valence-corrected chi connectivity index (χ3v) is 2.47. The first-order valence-electron chi connectivity index (χ1n) is 5.55. The van der Waals surface area contributed by atoms with Crippen LogP contribution in [0.25, 0.3) is 0 Å². The maximum absolute atomic E-state index is 13.6. The molecule has 2 rings (SSSR count). The minimum absolute atomic E-state index is 0.0207. The fourth-order valence-electron chi connectivity index (χ4n) is 1.54. The average molecular weight is 255 g/mol. The Kier molecular flexibility index (Phi) is 3.53. The summed E-state index contributed by atoms with van der Waals surface area (Å²) in [5.41, 5.74) is 1.13. The maximum Gasteiger partial charge on any atom is 0.274 e. The molecule has 0 aliphatic carbocycles. The Morgan fingerprint density at radius 3 is 2.79 bits per heavy atom. The molecule has 0 aliphatic heterocycles. The van der Waals surface area contributed by atoms with Gasteiger partial charge in [-0.1, -0.05) is 6.07 Å². The van der Waals surface area contributed by atoms with Crippen LogP contribution in [0.15, 0.2) is 36.4 Å². The van der Waals surface area contributed by atoms with Gasteiger partial charge in [0.25, 0.3) is 5.91 Å². The lowest BCUT2D eigenvalue weighted by atomic mass is 10.2. The van der Waals surface area contributed by atoms with E-state index >= 15 is 0 Å². The smallest absolute Gasteiger partial charge is 0.274 e. The summed E-state index contributed by atoms with van der Waals surface area (Å²) in [4.78, 5) is 15.9. The molecule has 1 heterocycles. The van der Waals surface area contributed by atoms with Gasteiger partial charge in [0.2, 0.25) is 0 Å². The molecule has 2 aromatic rings. The molecule has 1 aromatic carbocycles. The number of anilines is 1. The minimum atomic E-state index is -0.653. The fraction of sp³-hybridized carbons (Fsp3) is 0.0714. The molecule has 0 bridgehead atoms. The molecule has 1 amide bonds. The van der Waals surface area contributed by atoms with Gasteiger partial charge in [-0.25, -0.2) is 9.37 Å². The van der Waals surface area contributed by atoms with Crippen LogP contribution in [0, 0.1) is 24.1 Å². The second-order valence-corrected chi connectivity index (χ2v) is 3.92. The lowest BCUT2D eigenvalue weighted by Crippen LogP contribution is -2.15. The normalized spacial score (nSPS) is 9.74. The molecule has 4 nitrogen and oxygen atoms in total. The second kappa shape index (κ2) is 5.27. The summed E-state index contributed by atoms with van der Waals surface area (Å²) < 4.78 is 13.6. The average Bonchev–Trinajstić information content (AvgIpc) is 2.41. The van der Waals surface area contributed by atoms with E-state index in [0.717, 1.165) is 6.07 Å². The van der Waals surface area contributed by atoms with Crippen molar-refractivity contribution in [2.45, 2.75) is 6.92 Å². The van der Waals surface area contributed by atoms with Crippen molar-refractivity contribution in [2.75, 3.05) is 5.32 Å². The van der Waals surface area contributed by atoms with Gasteiger partial charge in [0.15, 0.2) is 0 Å². The van der Waals surface area contributed by atoms with Gasteiger partial charge in [0.05, 0.1) is 17.3 Å². The van der Waals surface area contributed by atoms with Gasteiger partial charge < -0.3 is 5.32 Å². The zero-order valence-electron chi connectivity index (χ0n) is 10.1. The first-order valence-corrected chi connectivity index (χ1v) is 5.55. The molecular formula is C14H10FN3O. The van der Waals surface area contributed by atoms with E-state index in [4.69, 9.17) is 5.26 Å². The highest BCUT2D eigenvalue weighted by molar-refractivity contribution is 6.02. The minimum Gasteiger partial charge on any atom is -0.318 e. The van der Waals surface area contributed by atoms with Gasteiger partial charge >= 0.3 is 0 Å². The number of nitriles is 1. The molecule has 0 aliphatic rings. The number of aryl methyl sites for hydroxylation is 1. The summed E-state index contributed by atoms with van der Waals surface area (Å²) in [5, 5.41) is 11.0. The Balaban J connectivity index is 2.22. The summed E-state index contributed by atoms with van der Waals surface area (Å²) >= 11 is 0. The monoisotopic (exact) mass is 255 g/mol. The predicted octanol–water partition coefficient (Wildman–Crippen LogP) is 2.65. The van der Waals surface area contributed by atoms with E-state index in [2.05, 4.69) is 10.3 Å². The molecule has 0 saturated heterocycles. The van der Waals surface area contributed by atoms with E-state index in [0.29, 0.717) is 5.69 Å². The van der Waals surface area contributed by atoms with Crippen LogP contribution in [-0.4, -0.2) is 10.9 Å². The van der Waals surface area contributed by atoms with Gasteiger partial charge in [-0.05, 0) is 37.3 Å². The SMILES string of the molecule is Cc1cccc(C(=O)Nc2ccc(C#N)cc2F)n1. The summed E-state index contributed by atoms with van der Waals surface area (Å²) in [5.74, 6) is -1.15. The number of hydrogen-bond donors (Lipinski definition) is 1. The van der Waals surface area contributed by atoms with Crippen LogP contribution < -0.4 is 5.32 Å². The second-order valence-electron chi connectivity index (χ2n) is 3.92. The standard InChI is InChI=1S/C14H10FN3O/c1-9-3-2-4-13(17-9)14(19)18-12-6-5-10(8-16)7-11(12)15/h2-7H,1H3,(H,18,19). The van der Waals surface area contributed by atoms with Crippen molar-refractivity contribution in [3.63, 3.8) is 0 Å². The number of benzene rings is 1. The highest BCUT2D eigenvalue weighted by Crippen LogP contribution is 2.16. The summed E-state index contributed by atoms with van der Waals surface area (Å²) in [6, 6.07) is 10.7. The number of nitrogens with one attached hydrogen (secondary N) is 1. The van der Waals surface area contributed by atoms with Crippen molar-refractivity contribution in [1.82, 2.24) is 4.98 Å². The maximum atomic E-state index is 13.6. The van der Waals surface area contributed by atoms with Crippen LogP contribution in [0.4, 0.5) is 10.1 Å². The van der Waals surface area contributed by atoms with Crippen LogP contribution in [0.5, 0.6) is 0 Å². The lowest BCUT2D eigenvalue weighted by molar-refractivity contribution is 0.102. The zero-order valence-corrected chi connectivity index (χ0v) is 10.1. The van der Waals surface area contributed by atoms with Crippen LogP contribution in [0.1, 0.15) is 21.7 Å².